The van der Waals surface area contributed by atoms with E-state index in [2.05, 4.69) is 20.9 Å². The van der Waals surface area contributed by atoms with Crippen LogP contribution in [0.3, 0.4) is 0 Å². The number of hydrogen-bond acceptors (Lipinski definition) is 4. The molecule has 0 bridgehead atoms. The van der Waals surface area contributed by atoms with Crippen LogP contribution in [0.4, 0.5) is 24.5 Å². The van der Waals surface area contributed by atoms with Gasteiger partial charge in [-0.3, -0.25) is 15.1 Å². The van der Waals surface area contributed by atoms with Gasteiger partial charge < -0.3 is 16.0 Å². The first-order valence-electron chi connectivity index (χ1n) is 6.82. The van der Waals surface area contributed by atoms with Crippen LogP contribution in [0, 0.1) is 10.1 Å². The van der Waals surface area contributed by atoms with E-state index in [1.807, 2.05) is 0 Å². The topological polar surface area (TPSA) is 91.6 Å². The highest BCUT2D eigenvalue weighted by atomic mass is 19.4. The summed E-state index contributed by atoms with van der Waals surface area (Å²) in [5.41, 5.74) is 0.333. The zero-order chi connectivity index (χ0) is 17.3. The first-order valence-corrected chi connectivity index (χ1v) is 6.82. The van der Waals surface area contributed by atoms with Crippen LogP contribution in [-0.2, 0) is 0 Å². The molecule has 0 fully saturated rings. The van der Waals surface area contributed by atoms with Gasteiger partial charge in [0.05, 0.1) is 11.3 Å². The first-order chi connectivity index (χ1) is 10.8. The van der Waals surface area contributed by atoms with Gasteiger partial charge in [0.1, 0.15) is 5.69 Å². The lowest BCUT2D eigenvalue weighted by atomic mass is 10.2. The fourth-order valence-corrected chi connectivity index (χ4v) is 1.70. The van der Waals surface area contributed by atoms with Crippen molar-refractivity contribution in [1.29, 1.82) is 0 Å². The predicted molar refractivity (Wildman–Crippen MR) is 81.6 cm³/mol. The second-order valence-electron chi connectivity index (χ2n) is 4.49. The number of para-hydroxylation sites is 2. The summed E-state index contributed by atoms with van der Waals surface area (Å²) in [6.45, 7) is 0.392. The van der Waals surface area contributed by atoms with Gasteiger partial charge >= 0.3 is 6.18 Å². The van der Waals surface area contributed by atoms with Crippen molar-refractivity contribution in [3.8, 4) is 0 Å². The van der Waals surface area contributed by atoms with Crippen LogP contribution in [0.25, 0.3) is 0 Å². The van der Waals surface area contributed by atoms with Crippen LogP contribution in [0.5, 0.6) is 0 Å². The van der Waals surface area contributed by atoms with Gasteiger partial charge in [0.15, 0.2) is 5.96 Å². The lowest BCUT2D eigenvalue weighted by Crippen LogP contribution is -2.40. The minimum absolute atomic E-state index is 0.0415. The largest absolute Gasteiger partial charge is 0.390 e. The molecule has 0 atom stereocenters. The summed E-state index contributed by atoms with van der Waals surface area (Å²) in [7, 11) is 1.44. The molecule has 7 nitrogen and oxygen atoms in total. The van der Waals surface area contributed by atoms with Crippen molar-refractivity contribution < 1.29 is 18.1 Å². The number of hydrogen-bond donors (Lipinski definition) is 3. The maximum absolute atomic E-state index is 12.0. The van der Waals surface area contributed by atoms with Gasteiger partial charge in [-0.25, -0.2) is 0 Å². The molecule has 0 aliphatic rings. The Kier molecular flexibility index (Phi) is 7.10. The number of nitrogens with zero attached hydrogens (tertiary/aromatic N) is 2. The molecule has 1 rings (SSSR count). The van der Waals surface area contributed by atoms with Gasteiger partial charge in [0.25, 0.3) is 5.69 Å². The number of nitro groups is 1. The van der Waals surface area contributed by atoms with Gasteiger partial charge in [0.2, 0.25) is 0 Å². The van der Waals surface area contributed by atoms with Crippen molar-refractivity contribution in [3.63, 3.8) is 0 Å². The maximum Gasteiger partial charge on any atom is 0.390 e. The van der Waals surface area contributed by atoms with E-state index in [4.69, 9.17) is 0 Å². The van der Waals surface area contributed by atoms with E-state index in [9.17, 15) is 23.3 Å². The average Bonchev–Trinajstić information content (AvgIpc) is 2.48. The molecule has 0 unspecified atom stereocenters. The molecule has 0 aliphatic carbocycles. The third kappa shape index (κ3) is 7.34. The van der Waals surface area contributed by atoms with Gasteiger partial charge in [0, 0.05) is 32.7 Å². The highest BCUT2D eigenvalue weighted by molar-refractivity contribution is 5.79. The first kappa shape index (κ1) is 18.5. The second-order valence-corrected chi connectivity index (χ2v) is 4.49. The number of guanidine groups is 1. The molecule has 128 valence electrons. The Morgan fingerprint density at radius 3 is 2.48 bits per heavy atom. The second kappa shape index (κ2) is 8.81. The summed E-state index contributed by atoms with van der Waals surface area (Å²) in [5, 5.41) is 19.1. The number of nitro benzene ring substituents is 1. The molecule has 1 aromatic rings. The van der Waals surface area contributed by atoms with Gasteiger partial charge in [-0.2, -0.15) is 13.2 Å². The van der Waals surface area contributed by atoms with Crippen LogP contribution in [-0.4, -0.2) is 43.7 Å². The van der Waals surface area contributed by atoms with E-state index in [0.29, 0.717) is 18.8 Å². The highest BCUT2D eigenvalue weighted by Crippen LogP contribution is 2.22. The number of nitrogens with one attached hydrogen (secondary N) is 3. The van der Waals surface area contributed by atoms with E-state index in [-0.39, 0.29) is 18.2 Å². The van der Waals surface area contributed by atoms with Crippen molar-refractivity contribution in [2.45, 2.75) is 12.6 Å². The third-order valence-corrected chi connectivity index (χ3v) is 2.76. The van der Waals surface area contributed by atoms with Crippen LogP contribution in [0.15, 0.2) is 29.3 Å². The number of aliphatic imine (C=N–C) groups is 1. The van der Waals surface area contributed by atoms with Crippen LogP contribution >= 0.6 is 0 Å². The SMILES string of the molecule is CN=C(NCCNc1ccccc1[N+](=O)[O-])NCCC(F)(F)F. The molecule has 3 N–H and O–H groups in total. The van der Waals surface area contributed by atoms with Crippen molar-refractivity contribution >= 4 is 17.3 Å². The molecule has 0 saturated heterocycles. The van der Waals surface area contributed by atoms with Gasteiger partial charge in [-0.05, 0) is 6.07 Å². The number of halogens is 3. The van der Waals surface area contributed by atoms with E-state index >= 15 is 0 Å². The molecule has 23 heavy (non-hydrogen) atoms. The summed E-state index contributed by atoms with van der Waals surface area (Å²) in [5.74, 6) is 0.235. The average molecular weight is 333 g/mol. The fraction of sp³-hybridized carbons (Fsp3) is 0.462. The van der Waals surface area contributed by atoms with Crippen LogP contribution in [0.2, 0.25) is 0 Å². The summed E-state index contributed by atoms with van der Waals surface area (Å²) in [6, 6.07) is 6.19. The molecule has 10 heteroatoms. The lowest BCUT2D eigenvalue weighted by molar-refractivity contribution is -0.384. The minimum Gasteiger partial charge on any atom is -0.378 e. The third-order valence-electron chi connectivity index (χ3n) is 2.76. The molecule has 0 heterocycles. The van der Waals surface area contributed by atoms with E-state index in [1.165, 1.54) is 13.1 Å². The van der Waals surface area contributed by atoms with Crippen molar-refractivity contribution in [2.75, 3.05) is 32.0 Å². The predicted octanol–water partition coefficient (Wildman–Crippen LogP) is 2.12. The van der Waals surface area contributed by atoms with E-state index in [0.717, 1.165) is 0 Å². The van der Waals surface area contributed by atoms with Crippen LogP contribution < -0.4 is 16.0 Å². The number of alkyl halides is 3. The summed E-state index contributed by atoms with van der Waals surface area (Å²) < 4.78 is 36.1. The molecule has 0 amide bonds. The maximum atomic E-state index is 12.0. The minimum atomic E-state index is -4.22. The molecular formula is C13H18F3N5O2. The van der Waals surface area contributed by atoms with E-state index < -0.39 is 17.5 Å². The standard InChI is InChI=1S/C13H18F3N5O2/c1-17-12(19-7-6-13(14,15)16)20-9-8-18-10-4-2-3-5-11(10)21(22)23/h2-5,18H,6-9H2,1H3,(H2,17,19,20). The van der Waals surface area contributed by atoms with Crippen LogP contribution in [0.1, 0.15) is 6.42 Å². The van der Waals surface area contributed by atoms with E-state index in [1.54, 1.807) is 18.2 Å². The number of benzene rings is 1. The van der Waals surface area contributed by atoms with Gasteiger partial charge in [-0.15, -0.1) is 0 Å². The molecule has 0 aliphatic heterocycles. The molecule has 0 radical (unpaired) electrons. The smallest absolute Gasteiger partial charge is 0.378 e. The Morgan fingerprint density at radius 1 is 1.22 bits per heavy atom. The Balaban J connectivity index is 2.35. The summed E-state index contributed by atoms with van der Waals surface area (Å²) in [6.07, 6.45) is -5.18. The Bertz CT molecular complexity index is 549. The van der Waals surface area contributed by atoms with Gasteiger partial charge in [-0.1, -0.05) is 12.1 Å². The highest BCUT2D eigenvalue weighted by Gasteiger charge is 2.26. The summed E-state index contributed by atoms with van der Waals surface area (Å²) >= 11 is 0. The quantitative estimate of drug-likeness (QED) is 0.234. The normalized spacial score (nSPS) is 11.9. The van der Waals surface area contributed by atoms with Crippen molar-refractivity contribution in [2.24, 2.45) is 4.99 Å². The van der Waals surface area contributed by atoms with Crippen molar-refractivity contribution in [1.82, 2.24) is 10.6 Å². The zero-order valence-electron chi connectivity index (χ0n) is 12.5. The zero-order valence-corrected chi connectivity index (χ0v) is 12.5. The molecular weight excluding hydrogens is 315 g/mol. The number of rotatable bonds is 7. The molecule has 1 aromatic carbocycles. The Hall–Kier alpha value is -2.52. The Labute approximate surface area is 131 Å². The fourth-order valence-electron chi connectivity index (χ4n) is 1.70. The molecule has 0 aromatic heterocycles. The van der Waals surface area contributed by atoms with Crippen molar-refractivity contribution in [3.05, 3.63) is 34.4 Å². The lowest BCUT2D eigenvalue weighted by Gasteiger charge is -2.13. The molecule has 0 saturated carbocycles. The number of anilines is 1. The summed E-state index contributed by atoms with van der Waals surface area (Å²) in [4.78, 5) is 14.1. The monoisotopic (exact) mass is 333 g/mol. The molecule has 0 spiro atoms. The Morgan fingerprint density at radius 2 is 1.87 bits per heavy atom.